The van der Waals surface area contributed by atoms with Crippen molar-refractivity contribution in [2.24, 2.45) is 17.8 Å². The number of aryl methyl sites for hydroxylation is 1. The lowest BCUT2D eigenvalue weighted by Crippen LogP contribution is -2.56. The molecular weight excluding hydrogens is 346 g/mol. The molecule has 144 valence electrons. The van der Waals surface area contributed by atoms with Gasteiger partial charge in [0.2, 0.25) is 0 Å². The fourth-order valence-electron chi connectivity index (χ4n) is 5.92. The molecule has 2 atom stereocenters. The zero-order valence-corrected chi connectivity index (χ0v) is 16.5. The maximum absolute atomic E-state index is 6.52. The van der Waals surface area contributed by atoms with Crippen molar-refractivity contribution < 1.29 is 4.74 Å². The van der Waals surface area contributed by atoms with Gasteiger partial charge in [0.1, 0.15) is 5.69 Å². The van der Waals surface area contributed by atoms with Crippen molar-refractivity contribution in [3.63, 3.8) is 0 Å². The maximum Gasteiger partial charge on any atom is 0.113 e. The normalized spacial score (nSPS) is 33.0. The first-order valence-corrected chi connectivity index (χ1v) is 10.8. The SMILES string of the molecule is Cc1cc(C#CC2CC2)ccc1-c1cn(CC23CC4CC(CC(C4)O2)C3)nn1. The molecule has 2 unspecified atom stereocenters. The Bertz CT molecular complexity index is 940. The van der Waals surface area contributed by atoms with Crippen LogP contribution in [0.5, 0.6) is 0 Å². The van der Waals surface area contributed by atoms with Gasteiger partial charge in [-0.15, -0.1) is 5.10 Å². The lowest BCUT2D eigenvalue weighted by Gasteiger charge is -2.56. The summed E-state index contributed by atoms with van der Waals surface area (Å²) in [6.07, 6.45) is 11.5. The van der Waals surface area contributed by atoms with E-state index in [4.69, 9.17) is 4.74 Å². The van der Waals surface area contributed by atoms with Crippen molar-refractivity contribution in [2.45, 2.75) is 70.1 Å². The van der Waals surface area contributed by atoms with Crippen LogP contribution in [-0.2, 0) is 11.3 Å². The molecule has 28 heavy (non-hydrogen) atoms. The first-order chi connectivity index (χ1) is 13.6. The monoisotopic (exact) mass is 373 g/mol. The average Bonchev–Trinajstić information content (AvgIpc) is 3.37. The summed E-state index contributed by atoms with van der Waals surface area (Å²) in [5, 5.41) is 8.94. The molecule has 3 aliphatic carbocycles. The fraction of sp³-hybridized carbons (Fsp3) is 0.583. The highest BCUT2D eigenvalue weighted by molar-refractivity contribution is 5.64. The van der Waals surface area contributed by atoms with Gasteiger partial charge in [0.05, 0.1) is 24.4 Å². The number of hydrogen-bond donors (Lipinski definition) is 0. The second-order valence-corrected chi connectivity index (χ2v) is 9.64. The van der Waals surface area contributed by atoms with E-state index in [0.29, 0.717) is 12.0 Å². The molecule has 3 heterocycles. The zero-order chi connectivity index (χ0) is 18.7. The van der Waals surface area contributed by atoms with E-state index < -0.39 is 0 Å². The van der Waals surface area contributed by atoms with Gasteiger partial charge in [0, 0.05) is 17.0 Å². The van der Waals surface area contributed by atoms with E-state index >= 15 is 0 Å². The van der Waals surface area contributed by atoms with Crippen LogP contribution in [0.2, 0.25) is 0 Å². The highest BCUT2D eigenvalue weighted by Crippen LogP contribution is 2.53. The van der Waals surface area contributed by atoms with Crippen molar-refractivity contribution in [3.05, 3.63) is 35.5 Å². The third kappa shape index (κ3) is 3.06. The number of nitrogens with zero attached hydrogens (tertiary/aromatic N) is 3. The molecule has 0 N–H and O–H groups in total. The minimum absolute atomic E-state index is 0.00295. The predicted octanol–water partition coefficient (Wildman–Crippen LogP) is 4.36. The maximum atomic E-state index is 6.52. The van der Waals surface area contributed by atoms with Crippen LogP contribution in [0, 0.1) is 36.5 Å². The molecule has 4 heteroatoms. The molecule has 7 rings (SSSR count). The number of hydrogen-bond acceptors (Lipinski definition) is 3. The molecule has 1 aromatic heterocycles. The second kappa shape index (κ2) is 6.19. The minimum atomic E-state index is -0.00295. The topological polar surface area (TPSA) is 39.9 Å². The lowest BCUT2D eigenvalue weighted by atomic mass is 9.62. The quantitative estimate of drug-likeness (QED) is 0.751. The van der Waals surface area contributed by atoms with Gasteiger partial charge in [-0.05, 0) is 81.4 Å². The molecule has 3 saturated carbocycles. The Labute approximate surface area is 166 Å². The average molecular weight is 374 g/mol. The van der Waals surface area contributed by atoms with Crippen molar-refractivity contribution in [1.82, 2.24) is 15.0 Å². The standard InChI is InChI=1S/C24H27N3O/c1-16-8-18(5-4-17-2-3-17)6-7-22(16)23-14-27(26-25-23)15-24-12-19-9-20(13-24)11-21(10-19)28-24/h6-8,14,17,19-21H,2-3,9-13,15H2,1H3. The van der Waals surface area contributed by atoms with Crippen LogP contribution >= 0.6 is 0 Å². The van der Waals surface area contributed by atoms with E-state index in [1.807, 2.05) is 4.68 Å². The minimum Gasteiger partial charge on any atom is -0.370 e. The van der Waals surface area contributed by atoms with Crippen LogP contribution in [0.1, 0.15) is 56.1 Å². The summed E-state index contributed by atoms with van der Waals surface area (Å²) >= 11 is 0. The molecule has 2 saturated heterocycles. The highest BCUT2D eigenvalue weighted by atomic mass is 16.5. The van der Waals surface area contributed by atoms with Crippen molar-refractivity contribution in [2.75, 3.05) is 0 Å². The molecule has 2 aliphatic heterocycles. The van der Waals surface area contributed by atoms with Gasteiger partial charge in [-0.25, -0.2) is 4.68 Å². The van der Waals surface area contributed by atoms with E-state index in [-0.39, 0.29) is 5.60 Å². The van der Waals surface area contributed by atoms with Gasteiger partial charge in [0.15, 0.2) is 0 Å². The Morgan fingerprint density at radius 3 is 2.71 bits per heavy atom. The number of aromatic nitrogens is 3. The van der Waals surface area contributed by atoms with Gasteiger partial charge in [-0.1, -0.05) is 23.1 Å². The fourth-order valence-corrected chi connectivity index (χ4v) is 5.92. The zero-order valence-electron chi connectivity index (χ0n) is 16.5. The van der Waals surface area contributed by atoms with E-state index in [9.17, 15) is 0 Å². The van der Waals surface area contributed by atoms with E-state index in [2.05, 4.69) is 53.5 Å². The summed E-state index contributed by atoms with van der Waals surface area (Å²) in [5.41, 5.74) is 4.40. The van der Waals surface area contributed by atoms with Crippen molar-refractivity contribution >= 4 is 0 Å². The van der Waals surface area contributed by atoms with Crippen LogP contribution in [0.15, 0.2) is 24.4 Å². The van der Waals surface area contributed by atoms with Crippen LogP contribution in [0.4, 0.5) is 0 Å². The molecule has 4 nitrogen and oxygen atoms in total. The molecule has 0 radical (unpaired) electrons. The van der Waals surface area contributed by atoms with Gasteiger partial charge in [-0.3, -0.25) is 0 Å². The highest BCUT2D eigenvalue weighted by Gasteiger charge is 2.52. The summed E-state index contributed by atoms with van der Waals surface area (Å²) in [6, 6.07) is 6.42. The number of ether oxygens (including phenoxy) is 1. The first kappa shape index (κ1) is 16.8. The summed E-state index contributed by atoms with van der Waals surface area (Å²) in [4.78, 5) is 0. The lowest BCUT2D eigenvalue weighted by molar-refractivity contribution is -0.226. The van der Waals surface area contributed by atoms with Crippen molar-refractivity contribution in [1.29, 1.82) is 0 Å². The largest absolute Gasteiger partial charge is 0.370 e. The van der Waals surface area contributed by atoms with Crippen LogP contribution in [-0.4, -0.2) is 26.7 Å². The van der Waals surface area contributed by atoms with Gasteiger partial charge in [-0.2, -0.15) is 0 Å². The van der Waals surface area contributed by atoms with Crippen LogP contribution in [0.3, 0.4) is 0 Å². The summed E-state index contributed by atoms with van der Waals surface area (Å²) < 4.78 is 8.53. The Kier molecular flexibility index (Phi) is 3.71. The van der Waals surface area contributed by atoms with Crippen molar-refractivity contribution in [3.8, 4) is 23.1 Å². The van der Waals surface area contributed by atoms with Crippen LogP contribution < -0.4 is 0 Å². The molecule has 4 bridgehead atoms. The molecule has 0 spiro atoms. The number of benzene rings is 1. The third-order valence-electron chi connectivity index (χ3n) is 7.09. The van der Waals surface area contributed by atoms with E-state index in [0.717, 1.165) is 35.2 Å². The van der Waals surface area contributed by atoms with E-state index in [1.54, 1.807) is 0 Å². The Morgan fingerprint density at radius 1 is 1.18 bits per heavy atom. The van der Waals surface area contributed by atoms with E-state index in [1.165, 1.54) is 50.5 Å². The second-order valence-electron chi connectivity index (χ2n) is 9.64. The van der Waals surface area contributed by atoms with Gasteiger partial charge < -0.3 is 4.74 Å². The molecule has 5 fully saturated rings. The van der Waals surface area contributed by atoms with Gasteiger partial charge in [0.25, 0.3) is 0 Å². The van der Waals surface area contributed by atoms with Gasteiger partial charge >= 0.3 is 0 Å². The molecule has 5 aliphatic rings. The Hall–Kier alpha value is -2.12. The summed E-state index contributed by atoms with van der Waals surface area (Å²) in [6.45, 7) is 2.98. The third-order valence-corrected chi connectivity index (χ3v) is 7.09. The molecule has 2 aromatic rings. The first-order valence-electron chi connectivity index (χ1n) is 10.8. The Balaban J connectivity index is 1.22. The Morgan fingerprint density at radius 2 is 2.00 bits per heavy atom. The molecule has 0 amide bonds. The molecular formula is C24H27N3O. The summed E-state index contributed by atoms with van der Waals surface area (Å²) in [5.74, 6) is 9.00. The van der Waals surface area contributed by atoms with Crippen LogP contribution in [0.25, 0.3) is 11.3 Å². The molecule has 1 aromatic carbocycles. The number of rotatable bonds is 3. The smallest absolute Gasteiger partial charge is 0.113 e. The summed E-state index contributed by atoms with van der Waals surface area (Å²) in [7, 11) is 0. The predicted molar refractivity (Wildman–Crippen MR) is 107 cm³/mol.